The minimum absolute atomic E-state index is 0.0219. The third kappa shape index (κ3) is 5.76. The minimum Gasteiger partial charge on any atom is -0.393 e. The van der Waals surface area contributed by atoms with Gasteiger partial charge in [-0.2, -0.15) is 0 Å². The van der Waals surface area contributed by atoms with Crippen molar-refractivity contribution in [3.63, 3.8) is 0 Å². The Balaban J connectivity index is 2.22. The number of aliphatic hydroxyl groups excluding tert-OH is 1. The van der Waals surface area contributed by atoms with Crippen LogP contribution in [0.5, 0.6) is 0 Å². The van der Waals surface area contributed by atoms with Crippen LogP contribution in [0, 0.1) is 15.2 Å². The van der Waals surface area contributed by atoms with Crippen molar-refractivity contribution in [2.45, 2.75) is 19.4 Å². The number of nitrogens with one attached hydrogen (secondary N) is 2. The molecule has 0 aliphatic carbocycles. The zero-order chi connectivity index (χ0) is 19.3. The van der Waals surface area contributed by atoms with E-state index in [2.05, 4.69) is 10.8 Å². The highest BCUT2D eigenvalue weighted by atomic mass is 127. The molecule has 2 rings (SSSR count). The molecule has 0 saturated heterocycles. The normalized spacial score (nSPS) is 11.9. The number of amides is 1. The molecule has 3 N–H and O–H groups in total. The lowest BCUT2D eigenvalue weighted by Crippen LogP contribution is -2.26. The fourth-order valence-electron chi connectivity index (χ4n) is 1.98. The maximum Gasteiger partial charge on any atom is 0.277 e. The van der Waals surface area contributed by atoms with E-state index in [1.807, 2.05) is 22.6 Å². The molecule has 0 saturated carbocycles. The quantitative estimate of drug-likeness (QED) is 0.302. The van der Waals surface area contributed by atoms with Gasteiger partial charge in [-0.05, 0) is 66.3 Å². The first-order chi connectivity index (χ1) is 12.3. The van der Waals surface area contributed by atoms with Gasteiger partial charge in [0.1, 0.15) is 11.6 Å². The molecule has 1 amide bonds. The van der Waals surface area contributed by atoms with Crippen molar-refractivity contribution in [1.29, 1.82) is 0 Å². The van der Waals surface area contributed by atoms with E-state index in [0.29, 0.717) is 9.99 Å². The van der Waals surface area contributed by atoms with Gasteiger partial charge in [0.25, 0.3) is 5.91 Å². The second kappa shape index (κ2) is 9.45. The van der Waals surface area contributed by atoms with Crippen molar-refractivity contribution in [1.82, 2.24) is 5.48 Å². The molecule has 0 aliphatic heterocycles. The predicted molar refractivity (Wildman–Crippen MR) is 104 cm³/mol. The lowest BCUT2D eigenvalue weighted by molar-refractivity contribution is 0.0187. The van der Waals surface area contributed by atoms with Gasteiger partial charge in [-0.1, -0.05) is 11.6 Å². The Morgan fingerprint density at radius 1 is 1.27 bits per heavy atom. The van der Waals surface area contributed by atoms with Gasteiger partial charge in [0.15, 0.2) is 0 Å². The zero-order valence-electron chi connectivity index (χ0n) is 13.7. The third-order valence-corrected chi connectivity index (χ3v) is 4.27. The summed E-state index contributed by atoms with van der Waals surface area (Å²) in [5.41, 5.74) is 2.27. The van der Waals surface area contributed by atoms with Crippen LogP contribution in [0.2, 0.25) is 5.02 Å². The predicted octanol–water partition coefficient (Wildman–Crippen LogP) is 4.40. The highest BCUT2D eigenvalue weighted by Gasteiger charge is 2.17. The highest BCUT2D eigenvalue weighted by Crippen LogP contribution is 2.28. The van der Waals surface area contributed by atoms with Crippen LogP contribution in [0.25, 0.3) is 0 Å². The van der Waals surface area contributed by atoms with E-state index in [0.717, 1.165) is 12.1 Å². The molecular weight excluding hydrogens is 481 g/mol. The molecule has 0 fully saturated rings. The topological polar surface area (TPSA) is 70.6 Å². The van der Waals surface area contributed by atoms with Crippen LogP contribution in [0.3, 0.4) is 0 Å². The van der Waals surface area contributed by atoms with E-state index in [4.69, 9.17) is 21.5 Å². The number of halogens is 4. The molecule has 26 heavy (non-hydrogen) atoms. The average molecular weight is 497 g/mol. The van der Waals surface area contributed by atoms with E-state index in [1.54, 1.807) is 13.0 Å². The van der Waals surface area contributed by atoms with Crippen LogP contribution in [0.4, 0.5) is 20.2 Å². The van der Waals surface area contributed by atoms with Gasteiger partial charge in [0.2, 0.25) is 0 Å². The van der Waals surface area contributed by atoms with Crippen molar-refractivity contribution in [2.24, 2.45) is 0 Å². The SMILES string of the molecule is CC(O)CCONC(=O)c1cc(Cl)c(F)cc1Nc1ccc(I)cc1F. The van der Waals surface area contributed by atoms with E-state index in [1.165, 1.54) is 12.1 Å². The highest BCUT2D eigenvalue weighted by molar-refractivity contribution is 14.1. The Hall–Kier alpha value is -1.49. The second-order valence-electron chi connectivity index (χ2n) is 5.48. The van der Waals surface area contributed by atoms with Gasteiger partial charge < -0.3 is 10.4 Å². The van der Waals surface area contributed by atoms with E-state index in [-0.39, 0.29) is 28.6 Å². The number of anilines is 2. The number of carbonyl (C=O) groups excluding carboxylic acids is 1. The molecule has 1 atom stereocenters. The molecule has 0 bridgehead atoms. The smallest absolute Gasteiger partial charge is 0.277 e. The Morgan fingerprint density at radius 2 is 2.00 bits per heavy atom. The number of rotatable bonds is 7. The monoisotopic (exact) mass is 496 g/mol. The number of hydrogen-bond acceptors (Lipinski definition) is 4. The van der Waals surface area contributed by atoms with Gasteiger partial charge in [-0.15, -0.1) is 0 Å². The Morgan fingerprint density at radius 3 is 2.65 bits per heavy atom. The summed E-state index contributed by atoms with van der Waals surface area (Å²) in [4.78, 5) is 17.3. The molecule has 2 aromatic rings. The number of benzene rings is 2. The third-order valence-electron chi connectivity index (χ3n) is 3.31. The summed E-state index contributed by atoms with van der Waals surface area (Å²) in [5, 5.41) is 11.6. The van der Waals surface area contributed by atoms with Crippen molar-refractivity contribution >= 4 is 51.5 Å². The standard InChI is InChI=1S/C17H16ClF2IN2O3/c1-9(24)4-5-26-23-17(25)11-7-12(18)13(19)8-16(11)22-15-3-2-10(21)6-14(15)20/h2-3,6-9,22,24H,4-5H2,1H3,(H,23,25). The number of hydroxylamine groups is 1. The average Bonchev–Trinajstić information content (AvgIpc) is 2.56. The zero-order valence-corrected chi connectivity index (χ0v) is 16.6. The molecule has 0 aliphatic rings. The number of hydrogen-bond donors (Lipinski definition) is 3. The first kappa shape index (κ1) is 20.8. The summed E-state index contributed by atoms with van der Waals surface area (Å²) in [5.74, 6) is -2.00. The summed E-state index contributed by atoms with van der Waals surface area (Å²) < 4.78 is 28.6. The largest absolute Gasteiger partial charge is 0.393 e. The van der Waals surface area contributed by atoms with E-state index >= 15 is 0 Å². The van der Waals surface area contributed by atoms with Crippen molar-refractivity contribution in [2.75, 3.05) is 11.9 Å². The molecule has 0 spiro atoms. The molecule has 9 heteroatoms. The summed E-state index contributed by atoms with van der Waals surface area (Å²) >= 11 is 7.72. The van der Waals surface area contributed by atoms with Crippen molar-refractivity contribution in [3.05, 3.63) is 56.1 Å². The van der Waals surface area contributed by atoms with Crippen molar-refractivity contribution in [3.8, 4) is 0 Å². The first-order valence-electron chi connectivity index (χ1n) is 7.59. The molecule has 2 aromatic carbocycles. The molecule has 0 heterocycles. The van der Waals surface area contributed by atoms with Crippen LogP contribution in [-0.4, -0.2) is 23.7 Å². The Kier molecular flexibility index (Phi) is 7.56. The summed E-state index contributed by atoms with van der Waals surface area (Å²) in [6, 6.07) is 6.57. The van der Waals surface area contributed by atoms with E-state index < -0.39 is 23.6 Å². The van der Waals surface area contributed by atoms with Crippen LogP contribution in [0.15, 0.2) is 30.3 Å². The van der Waals surface area contributed by atoms with Gasteiger partial charge in [0.05, 0.1) is 34.7 Å². The van der Waals surface area contributed by atoms with Crippen LogP contribution in [-0.2, 0) is 4.84 Å². The lowest BCUT2D eigenvalue weighted by atomic mass is 10.1. The van der Waals surface area contributed by atoms with Crippen LogP contribution in [0.1, 0.15) is 23.7 Å². The first-order valence-corrected chi connectivity index (χ1v) is 9.05. The van der Waals surface area contributed by atoms with Crippen LogP contribution >= 0.6 is 34.2 Å². The van der Waals surface area contributed by atoms with Gasteiger partial charge in [-0.25, -0.2) is 14.3 Å². The summed E-state index contributed by atoms with van der Waals surface area (Å²) in [6.45, 7) is 1.68. The molecule has 1 unspecified atom stereocenters. The second-order valence-corrected chi connectivity index (χ2v) is 7.13. The molecule has 0 radical (unpaired) electrons. The Bertz CT molecular complexity index is 806. The maximum absolute atomic E-state index is 14.0. The molecule has 140 valence electrons. The summed E-state index contributed by atoms with van der Waals surface area (Å²) in [6.07, 6.45) is -0.253. The van der Waals surface area contributed by atoms with Gasteiger partial charge in [-0.3, -0.25) is 9.63 Å². The molecule has 5 nitrogen and oxygen atoms in total. The fraction of sp³-hybridized carbons (Fsp3) is 0.235. The minimum atomic E-state index is -0.758. The fourth-order valence-corrected chi connectivity index (χ4v) is 2.59. The van der Waals surface area contributed by atoms with E-state index in [9.17, 15) is 13.6 Å². The number of aliphatic hydroxyl groups is 1. The maximum atomic E-state index is 14.0. The van der Waals surface area contributed by atoms with Gasteiger partial charge in [0, 0.05) is 3.57 Å². The summed E-state index contributed by atoms with van der Waals surface area (Å²) in [7, 11) is 0. The number of carbonyl (C=O) groups is 1. The van der Waals surface area contributed by atoms with Gasteiger partial charge >= 0.3 is 0 Å². The molecule has 0 aromatic heterocycles. The van der Waals surface area contributed by atoms with Crippen molar-refractivity contribution < 1.29 is 23.5 Å². The Labute approximate surface area is 167 Å². The molecular formula is C17H16ClF2IN2O3. The van der Waals surface area contributed by atoms with Crippen LogP contribution < -0.4 is 10.8 Å². The lowest BCUT2D eigenvalue weighted by Gasteiger charge is -2.14.